The van der Waals surface area contributed by atoms with Gasteiger partial charge in [-0.1, -0.05) is 13.8 Å². The fourth-order valence-electron chi connectivity index (χ4n) is 1.50. The van der Waals surface area contributed by atoms with Crippen molar-refractivity contribution in [1.29, 1.82) is 0 Å². The van der Waals surface area contributed by atoms with E-state index in [-0.39, 0.29) is 5.82 Å². The van der Waals surface area contributed by atoms with Crippen molar-refractivity contribution in [2.45, 2.75) is 20.4 Å². The van der Waals surface area contributed by atoms with E-state index in [1.54, 1.807) is 6.07 Å². The second kappa shape index (κ2) is 4.43. The molecule has 4 heteroatoms. The van der Waals surface area contributed by atoms with Gasteiger partial charge < -0.3 is 0 Å². The van der Waals surface area contributed by atoms with Gasteiger partial charge in [-0.2, -0.15) is 5.10 Å². The van der Waals surface area contributed by atoms with Gasteiger partial charge in [0.1, 0.15) is 11.5 Å². The van der Waals surface area contributed by atoms with Gasteiger partial charge in [0.15, 0.2) is 0 Å². The molecule has 0 unspecified atom stereocenters. The van der Waals surface area contributed by atoms with Crippen LogP contribution in [0.25, 0.3) is 11.4 Å². The summed E-state index contributed by atoms with van der Waals surface area (Å²) in [4.78, 5) is 3.99. The highest BCUT2D eigenvalue weighted by Crippen LogP contribution is 2.14. The van der Waals surface area contributed by atoms with Crippen LogP contribution in [-0.4, -0.2) is 14.8 Å². The average molecular weight is 219 g/mol. The molecule has 0 aliphatic rings. The maximum Gasteiger partial charge on any atom is 0.141 e. The molecule has 0 spiro atoms. The normalized spacial score (nSPS) is 11.0. The predicted molar refractivity (Wildman–Crippen MR) is 60.3 cm³/mol. The topological polar surface area (TPSA) is 30.7 Å². The number of hydrogen-bond acceptors (Lipinski definition) is 2. The summed E-state index contributed by atoms with van der Waals surface area (Å²) in [5, 5.41) is 4.38. The van der Waals surface area contributed by atoms with Crippen LogP contribution in [0.2, 0.25) is 0 Å². The van der Waals surface area contributed by atoms with Crippen molar-refractivity contribution in [1.82, 2.24) is 14.8 Å². The molecule has 0 bridgehead atoms. The van der Waals surface area contributed by atoms with Crippen LogP contribution in [0.3, 0.4) is 0 Å². The standard InChI is InChI=1S/C12H14FN3/c1-9(2)8-16-6-5-12(15-16)11-4-3-10(13)7-14-11/h3-7,9H,8H2,1-2H3. The number of nitrogens with zero attached hydrogens (tertiary/aromatic N) is 3. The van der Waals surface area contributed by atoms with E-state index in [2.05, 4.69) is 23.9 Å². The van der Waals surface area contributed by atoms with Crippen molar-refractivity contribution in [2.24, 2.45) is 5.92 Å². The zero-order chi connectivity index (χ0) is 11.5. The van der Waals surface area contributed by atoms with Gasteiger partial charge in [-0.15, -0.1) is 0 Å². The summed E-state index contributed by atoms with van der Waals surface area (Å²) in [6.45, 7) is 5.15. The SMILES string of the molecule is CC(C)Cn1ccc(-c2ccc(F)cn2)n1. The van der Waals surface area contributed by atoms with Crippen LogP contribution in [-0.2, 0) is 6.54 Å². The lowest BCUT2D eigenvalue weighted by Gasteiger charge is -2.03. The predicted octanol–water partition coefficient (Wildman–Crippen LogP) is 2.74. The van der Waals surface area contributed by atoms with E-state index in [1.165, 1.54) is 12.3 Å². The van der Waals surface area contributed by atoms with Gasteiger partial charge in [-0.3, -0.25) is 9.67 Å². The monoisotopic (exact) mass is 219 g/mol. The molecule has 0 amide bonds. The molecule has 0 radical (unpaired) electrons. The Morgan fingerprint density at radius 2 is 2.06 bits per heavy atom. The van der Waals surface area contributed by atoms with Crippen molar-refractivity contribution in [2.75, 3.05) is 0 Å². The minimum absolute atomic E-state index is 0.328. The molecular weight excluding hydrogens is 205 g/mol. The lowest BCUT2D eigenvalue weighted by atomic mass is 10.2. The summed E-state index contributed by atoms with van der Waals surface area (Å²) >= 11 is 0. The van der Waals surface area contributed by atoms with Crippen molar-refractivity contribution >= 4 is 0 Å². The fraction of sp³-hybridized carbons (Fsp3) is 0.333. The first-order valence-corrected chi connectivity index (χ1v) is 5.30. The molecule has 0 aliphatic carbocycles. The fourth-order valence-corrected chi connectivity index (χ4v) is 1.50. The first-order valence-electron chi connectivity index (χ1n) is 5.30. The first-order chi connectivity index (χ1) is 7.65. The third kappa shape index (κ3) is 2.45. The molecular formula is C12H14FN3. The van der Waals surface area contributed by atoms with Crippen LogP contribution in [0.15, 0.2) is 30.6 Å². The lowest BCUT2D eigenvalue weighted by molar-refractivity contribution is 0.484. The van der Waals surface area contributed by atoms with Crippen LogP contribution in [0, 0.1) is 11.7 Å². The number of rotatable bonds is 3. The largest absolute Gasteiger partial charge is 0.272 e. The molecule has 16 heavy (non-hydrogen) atoms. The van der Waals surface area contributed by atoms with Gasteiger partial charge in [-0.25, -0.2) is 4.39 Å². The minimum atomic E-state index is -0.328. The molecule has 2 heterocycles. The number of aromatic nitrogens is 3. The Bertz CT molecular complexity index is 459. The third-order valence-electron chi connectivity index (χ3n) is 2.18. The molecule has 0 saturated carbocycles. The van der Waals surface area contributed by atoms with Crippen molar-refractivity contribution in [3.05, 3.63) is 36.4 Å². The minimum Gasteiger partial charge on any atom is -0.272 e. The van der Waals surface area contributed by atoms with E-state index < -0.39 is 0 Å². The first kappa shape index (κ1) is 10.8. The van der Waals surface area contributed by atoms with Crippen LogP contribution in [0.4, 0.5) is 4.39 Å². The number of halogens is 1. The van der Waals surface area contributed by atoms with Crippen LogP contribution in [0.1, 0.15) is 13.8 Å². The summed E-state index contributed by atoms with van der Waals surface area (Å²) in [6.07, 6.45) is 3.12. The van der Waals surface area contributed by atoms with E-state index in [4.69, 9.17) is 0 Å². The van der Waals surface area contributed by atoms with Gasteiger partial charge in [-0.05, 0) is 24.1 Å². The Hall–Kier alpha value is -1.71. The molecule has 0 fully saturated rings. The Labute approximate surface area is 93.9 Å². The molecule has 0 aliphatic heterocycles. The Morgan fingerprint density at radius 1 is 1.25 bits per heavy atom. The molecule has 0 atom stereocenters. The highest BCUT2D eigenvalue weighted by Gasteiger charge is 2.04. The molecule has 3 nitrogen and oxygen atoms in total. The second-order valence-electron chi connectivity index (χ2n) is 4.18. The molecule has 2 aromatic rings. The van der Waals surface area contributed by atoms with Crippen molar-refractivity contribution in [3.8, 4) is 11.4 Å². The molecule has 0 aromatic carbocycles. The quantitative estimate of drug-likeness (QED) is 0.794. The summed E-state index contributed by atoms with van der Waals surface area (Å²) < 4.78 is 14.6. The highest BCUT2D eigenvalue weighted by molar-refractivity contribution is 5.52. The maximum absolute atomic E-state index is 12.7. The van der Waals surface area contributed by atoms with E-state index in [1.807, 2.05) is 16.9 Å². The van der Waals surface area contributed by atoms with Crippen LogP contribution < -0.4 is 0 Å². The average Bonchev–Trinajstić information content (AvgIpc) is 2.66. The summed E-state index contributed by atoms with van der Waals surface area (Å²) in [7, 11) is 0. The van der Waals surface area contributed by atoms with E-state index in [9.17, 15) is 4.39 Å². The lowest BCUT2D eigenvalue weighted by Crippen LogP contribution is -2.04. The smallest absolute Gasteiger partial charge is 0.141 e. The summed E-state index contributed by atoms with van der Waals surface area (Å²) in [5.74, 6) is 0.222. The van der Waals surface area contributed by atoms with Crippen LogP contribution in [0.5, 0.6) is 0 Å². The van der Waals surface area contributed by atoms with Gasteiger partial charge in [0.05, 0.1) is 11.9 Å². The van der Waals surface area contributed by atoms with Crippen LogP contribution >= 0.6 is 0 Å². The molecule has 2 rings (SSSR count). The van der Waals surface area contributed by atoms with Gasteiger partial charge in [0.2, 0.25) is 0 Å². The number of pyridine rings is 1. The summed E-state index contributed by atoms with van der Waals surface area (Å²) in [5.41, 5.74) is 1.48. The molecule has 84 valence electrons. The Kier molecular flexibility index (Phi) is 2.99. The van der Waals surface area contributed by atoms with Crippen molar-refractivity contribution < 1.29 is 4.39 Å². The van der Waals surface area contributed by atoms with E-state index in [0.29, 0.717) is 11.6 Å². The highest BCUT2D eigenvalue weighted by atomic mass is 19.1. The molecule has 2 aromatic heterocycles. The van der Waals surface area contributed by atoms with Crippen molar-refractivity contribution in [3.63, 3.8) is 0 Å². The zero-order valence-corrected chi connectivity index (χ0v) is 9.39. The molecule has 0 N–H and O–H groups in total. The van der Waals surface area contributed by atoms with E-state index in [0.717, 1.165) is 12.2 Å². The Balaban J connectivity index is 2.21. The maximum atomic E-state index is 12.7. The zero-order valence-electron chi connectivity index (χ0n) is 9.39. The second-order valence-corrected chi connectivity index (χ2v) is 4.18. The van der Waals surface area contributed by atoms with Gasteiger partial charge in [0.25, 0.3) is 0 Å². The number of hydrogen-bond donors (Lipinski definition) is 0. The third-order valence-corrected chi connectivity index (χ3v) is 2.18. The van der Waals surface area contributed by atoms with Gasteiger partial charge >= 0.3 is 0 Å². The van der Waals surface area contributed by atoms with Gasteiger partial charge in [0, 0.05) is 12.7 Å². The summed E-state index contributed by atoms with van der Waals surface area (Å²) in [6, 6.07) is 4.92. The Morgan fingerprint density at radius 3 is 2.69 bits per heavy atom. The van der Waals surface area contributed by atoms with E-state index >= 15 is 0 Å². The molecule has 0 saturated heterocycles.